The summed E-state index contributed by atoms with van der Waals surface area (Å²) in [6, 6.07) is 14.3. The van der Waals surface area contributed by atoms with Gasteiger partial charge in [0.15, 0.2) is 5.78 Å². The molecule has 2 aromatic rings. The van der Waals surface area contributed by atoms with Crippen LogP contribution in [0.4, 0.5) is 0 Å². The van der Waals surface area contributed by atoms with E-state index >= 15 is 0 Å². The molecule has 5 rings (SSSR count). The number of piperazine rings is 1. The molecule has 2 heterocycles. The minimum Gasteiger partial charge on any atom is -0.487 e. The van der Waals surface area contributed by atoms with Crippen LogP contribution in [-0.4, -0.2) is 59.4 Å². The van der Waals surface area contributed by atoms with E-state index in [2.05, 4.69) is 23.1 Å². The lowest BCUT2D eigenvalue weighted by molar-refractivity contribution is -0.138. The number of aliphatic carboxylic acids is 1. The predicted molar refractivity (Wildman–Crippen MR) is 113 cm³/mol. The average Bonchev–Trinajstić information content (AvgIpc) is 3.28. The lowest BCUT2D eigenvalue weighted by Gasteiger charge is -2.33. The molecule has 1 N–H and O–H groups in total. The third-order valence-corrected chi connectivity index (χ3v) is 6.16. The van der Waals surface area contributed by atoms with Crippen LogP contribution in [0, 0.1) is 0 Å². The van der Waals surface area contributed by atoms with E-state index in [1.807, 2.05) is 29.2 Å². The fourth-order valence-corrected chi connectivity index (χ4v) is 4.65. The van der Waals surface area contributed by atoms with Crippen LogP contribution in [0.25, 0.3) is 11.3 Å². The van der Waals surface area contributed by atoms with Gasteiger partial charge < -0.3 is 9.84 Å². The molecule has 0 atom stereocenters. The zero-order valence-electron chi connectivity index (χ0n) is 16.8. The van der Waals surface area contributed by atoms with Gasteiger partial charge in [-0.05, 0) is 16.7 Å². The summed E-state index contributed by atoms with van der Waals surface area (Å²) in [6.45, 7) is 4.72. The lowest BCUT2D eigenvalue weighted by Crippen LogP contribution is -2.47. The fourth-order valence-electron chi connectivity index (χ4n) is 4.65. The molecule has 0 saturated carbocycles. The quantitative estimate of drug-likeness (QED) is 0.790. The Balaban J connectivity index is 1.33. The maximum atomic E-state index is 12.7. The highest BCUT2D eigenvalue weighted by atomic mass is 16.5. The average molecular weight is 404 g/mol. The van der Waals surface area contributed by atoms with Gasteiger partial charge in [0.2, 0.25) is 0 Å². The molecule has 6 nitrogen and oxygen atoms in total. The molecule has 0 aromatic heterocycles. The van der Waals surface area contributed by atoms with Crippen molar-refractivity contribution in [3.8, 4) is 0 Å². The lowest BCUT2D eigenvalue weighted by atomic mass is 9.99. The topological polar surface area (TPSA) is 70.1 Å². The Labute approximate surface area is 175 Å². The fraction of sp³-hybridized carbons (Fsp3) is 0.333. The van der Waals surface area contributed by atoms with E-state index in [1.54, 1.807) is 0 Å². The smallest absolute Gasteiger partial charge is 0.317 e. The first-order valence-electron chi connectivity index (χ1n) is 10.4. The Bertz CT molecular complexity index is 1050. The minimum atomic E-state index is -0.768. The third-order valence-electron chi connectivity index (χ3n) is 6.16. The molecule has 0 spiro atoms. The second-order valence-corrected chi connectivity index (χ2v) is 8.19. The molecule has 1 fully saturated rings. The number of carboxylic acids is 1. The number of Topliss-reactive ketones (excluding diaryl/α,β-unsaturated/α-hetero) is 1. The summed E-state index contributed by atoms with van der Waals surface area (Å²) in [6.07, 6.45) is 0.444. The van der Waals surface area contributed by atoms with Crippen LogP contribution in [0.2, 0.25) is 0 Å². The van der Waals surface area contributed by atoms with E-state index in [-0.39, 0.29) is 12.3 Å². The standard InChI is InChI=1S/C24H24N2O4/c27-21-12-17-3-1-2-4-19(17)23(21)24-20-6-5-16(11-18(20)15-30-24)13-25-7-9-26(10-8-25)14-22(28)29/h1-6,11H,7-10,12-15H2,(H,28,29)/b24-23+. The molecule has 6 heteroatoms. The van der Waals surface area contributed by atoms with Gasteiger partial charge in [0.05, 0.1) is 12.1 Å². The van der Waals surface area contributed by atoms with Crippen LogP contribution in [-0.2, 0) is 33.9 Å². The van der Waals surface area contributed by atoms with Crippen LogP contribution in [0.3, 0.4) is 0 Å². The summed E-state index contributed by atoms with van der Waals surface area (Å²) in [5.41, 5.74) is 6.14. The second kappa shape index (κ2) is 7.70. The summed E-state index contributed by atoms with van der Waals surface area (Å²) >= 11 is 0. The van der Waals surface area contributed by atoms with Gasteiger partial charge in [-0.2, -0.15) is 0 Å². The van der Waals surface area contributed by atoms with Crippen molar-refractivity contribution in [1.82, 2.24) is 9.80 Å². The second-order valence-electron chi connectivity index (χ2n) is 8.19. The van der Waals surface area contributed by atoms with E-state index in [0.29, 0.717) is 24.4 Å². The molecule has 3 aliphatic rings. The van der Waals surface area contributed by atoms with Gasteiger partial charge in [0, 0.05) is 50.3 Å². The summed E-state index contributed by atoms with van der Waals surface area (Å²) in [7, 11) is 0. The van der Waals surface area contributed by atoms with Crippen molar-refractivity contribution < 1.29 is 19.4 Å². The zero-order chi connectivity index (χ0) is 20.7. The zero-order valence-corrected chi connectivity index (χ0v) is 16.8. The summed E-state index contributed by atoms with van der Waals surface area (Å²) in [5, 5.41) is 8.94. The summed E-state index contributed by atoms with van der Waals surface area (Å²) in [4.78, 5) is 27.9. The molecular formula is C24H24N2O4. The number of hydrogen-bond acceptors (Lipinski definition) is 5. The van der Waals surface area contributed by atoms with Crippen molar-refractivity contribution in [2.75, 3.05) is 32.7 Å². The molecule has 0 bridgehead atoms. The minimum absolute atomic E-state index is 0.114. The first kappa shape index (κ1) is 19.0. The number of benzene rings is 2. The van der Waals surface area contributed by atoms with Crippen LogP contribution in [0.1, 0.15) is 27.8 Å². The van der Waals surface area contributed by atoms with Gasteiger partial charge in [0.1, 0.15) is 12.4 Å². The van der Waals surface area contributed by atoms with Gasteiger partial charge >= 0.3 is 5.97 Å². The highest BCUT2D eigenvalue weighted by Gasteiger charge is 2.32. The predicted octanol–water partition coefficient (Wildman–Crippen LogP) is 2.41. The largest absolute Gasteiger partial charge is 0.487 e. The molecule has 2 aliphatic heterocycles. The molecule has 0 unspecified atom stereocenters. The first-order valence-corrected chi connectivity index (χ1v) is 10.4. The Kier molecular flexibility index (Phi) is 4.89. The maximum absolute atomic E-state index is 12.7. The number of allylic oxidation sites excluding steroid dienone is 1. The molecule has 30 heavy (non-hydrogen) atoms. The molecule has 2 aromatic carbocycles. The SMILES string of the molecule is O=C(O)CN1CCN(Cc2ccc3c(c2)CO/C3=C2/C(=O)Cc3ccccc32)CC1. The van der Waals surface area contributed by atoms with E-state index < -0.39 is 5.97 Å². The summed E-state index contributed by atoms with van der Waals surface area (Å²) < 4.78 is 6.01. The third kappa shape index (κ3) is 3.53. The molecule has 0 amide bonds. The van der Waals surface area contributed by atoms with E-state index in [4.69, 9.17) is 9.84 Å². The van der Waals surface area contributed by atoms with E-state index in [0.717, 1.165) is 55.0 Å². The number of nitrogens with zero attached hydrogens (tertiary/aromatic N) is 2. The van der Waals surface area contributed by atoms with E-state index in [1.165, 1.54) is 5.56 Å². The normalized spacial score (nSPS) is 21.4. The maximum Gasteiger partial charge on any atom is 0.317 e. The monoisotopic (exact) mass is 404 g/mol. The highest BCUT2D eigenvalue weighted by Crippen LogP contribution is 2.40. The Morgan fingerprint density at radius 2 is 1.73 bits per heavy atom. The van der Waals surface area contributed by atoms with Crippen LogP contribution >= 0.6 is 0 Å². The number of ether oxygens (including phenoxy) is 1. The van der Waals surface area contributed by atoms with Crippen molar-refractivity contribution in [3.05, 3.63) is 70.3 Å². The molecule has 0 radical (unpaired) electrons. The van der Waals surface area contributed by atoms with Crippen LogP contribution in [0.15, 0.2) is 42.5 Å². The van der Waals surface area contributed by atoms with Crippen molar-refractivity contribution in [3.63, 3.8) is 0 Å². The van der Waals surface area contributed by atoms with Crippen molar-refractivity contribution in [2.45, 2.75) is 19.6 Å². The van der Waals surface area contributed by atoms with Crippen molar-refractivity contribution in [2.24, 2.45) is 0 Å². The molecule has 154 valence electrons. The number of ketones is 1. The van der Waals surface area contributed by atoms with Crippen molar-refractivity contribution in [1.29, 1.82) is 0 Å². The highest BCUT2D eigenvalue weighted by molar-refractivity contribution is 6.31. The van der Waals surface area contributed by atoms with Gasteiger partial charge in [0.25, 0.3) is 0 Å². The first-order chi connectivity index (χ1) is 14.6. The Morgan fingerprint density at radius 3 is 2.53 bits per heavy atom. The number of carboxylic acid groups (broad SMARTS) is 1. The number of carbonyl (C=O) groups excluding carboxylic acids is 1. The molecule has 1 saturated heterocycles. The van der Waals surface area contributed by atoms with E-state index in [9.17, 15) is 9.59 Å². The molecular weight excluding hydrogens is 380 g/mol. The number of rotatable bonds is 4. The molecule has 1 aliphatic carbocycles. The van der Waals surface area contributed by atoms with Gasteiger partial charge in [-0.1, -0.05) is 42.5 Å². The Hall–Kier alpha value is -2.96. The number of carbonyl (C=O) groups is 2. The summed E-state index contributed by atoms with van der Waals surface area (Å²) in [5.74, 6) is 0.0755. The van der Waals surface area contributed by atoms with Gasteiger partial charge in [-0.3, -0.25) is 19.4 Å². The van der Waals surface area contributed by atoms with Gasteiger partial charge in [-0.25, -0.2) is 0 Å². The number of hydrogen-bond donors (Lipinski definition) is 1. The van der Waals surface area contributed by atoms with Crippen LogP contribution < -0.4 is 0 Å². The number of fused-ring (bicyclic) bond motifs is 2. The van der Waals surface area contributed by atoms with Crippen molar-refractivity contribution >= 4 is 23.1 Å². The van der Waals surface area contributed by atoms with Gasteiger partial charge in [-0.15, -0.1) is 0 Å². The van der Waals surface area contributed by atoms with Crippen LogP contribution in [0.5, 0.6) is 0 Å². The Morgan fingerprint density at radius 1 is 0.967 bits per heavy atom.